The van der Waals surface area contributed by atoms with Gasteiger partial charge in [-0.25, -0.2) is 18.4 Å². The number of nitrogens with one attached hydrogen (secondary N) is 3. The molecule has 4 rings (SSSR count). The van der Waals surface area contributed by atoms with Crippen LogP contribution in [0.5, 0.6) is 0 Å². The number of carbonyl (C=O) groups excluding carboxylic acids is 2. The molecule has 2 aromatic heterocycles. The second kappa shape index (κ2) is 10.9. The van der Waals surface area contributed by atoms with Crippen LogP contribution in [0.15, 0.2) is 84.1 Å². The lowest BCUT2D eigenvalue weighted by atomic mass is 10.2. The zero-order valence-electron chi connectivity index (χ0n) is 18.5. The Morgan fingerprint density at radius 3 is 2.43 bits per heavy atom. The Hall–Kier alpha value is -4.09. The molecule has 2 aromatic carbocycles. The van der Waals surface area contributed by atoms with Crippen molar-refractivity contribution in [1.29, 1.82) is 0 Å². The fourth-order valence-electron chi connectivity index (χ4n) is 3.42. The van der Waals surface area contributed by atoms with Crippen LogP contribution >= 0.6 is 0 Å². The lowest BCUT2D eigenvalue weighted by Gasteiger charge is -2.20. The van der Waals surface area contributed by atoms with E-state index in [-0.39, 0.29) is 11.5 Å². The monoisotopic (exact) mass is 493 g/mol. The molecule has 0 bridgehead atoms. The predicted octanol–water partition coefficient (Wildman–Crippen LogP) is 2.17. The minimum Gasteiger partial charge on any atom is -0.465 e. The number of carbonyl (C=O) groups is 2. The maximum absolute atomic E-state index is 12.8. The Kier molecular flexibility index (Phi) is 7.48. The highest BCUT2D eigenvalue weighted by Gasteiger charge is 2.25. The number of hydrogen-bond donors (Lipinski definition) is 3. The van der Waals surface area contributed by atoms with Crippen LogP contribution in [0.3, 0.4) is 0 Å². The Labute approximate surface area is 201 Å². The van der Waals surface area contributed by atoms with Gasteiger partial charge < -0.3 is 15.0 Å². The van der Waals surface area contributed by atoms with Gasteiger partial charge in [-0.15, -0.1) is 0 Å². The van der Waals surface area contributed by atoms with E-state index >= 15 is 0 Å². The highest BCUT2D eigenvalue weighted by Crippen LogP contribution is 2.13. The Morgan fingerprint density at radius 1 is 0.971 bits per heavy atom. The summed E-state index contributed by atoms with van der Waals surface area (Å²) in [5, 5.41) is 2.57. The van der Waals surface area contributed by atoms with Gasteiger partial charge in [0.15, 0.2) is 5.65 Å². The zero-order valence-corrected chi connectivity index (χ0v) is 19.4. The Balaban J connectivity index is 1.42. The van der Waals surface area contributed by atoms with Crippen molar-refractivity contribution in [3.63, 3.8) is 0 Å². The fourth-order valence-corrected chi connectivity index (χ4v) is 4.59. The number of fused-ring (bicyclic) bond motifs is 1. The number of aromatic nitrogens is 3. The van der Waals surface area contributed by atoms with Crippen molar-refractivity contribution in [2.45, 2.75) is 23.9 Å². The average molecular weight is 494 g/mol. The van der Waals surface area contributed by atoms with E-state index in [1.54, 1.807) is 60.8 Å². The Bertz CT molecular complexity index is 1410. The molecule has 0 aliphatic carbocycles. The molecule has 0 radical (unpaired) electrons. The number of nitrogens with zero attached hydrogens (tertiary/aromatic N) is 2. The van der Waals surface area contributed by atoms with Gasteiger partial charge in [-0.1, -0.05) is 36.4 Å². The van der Waals surface area contributed by atoms with E-state index in [0.717, 1.165) is 11.1 Å². The average Bonchev–Trinajstić information content (AvgIpc) is 3.35. The van der Waals surface area contributed by atoms with Gasteiger partial charge in [-0.3, -0.25) is 9.59 Å². The second-order valence-corrected chi connectivity index (χ2v) is 9.29. The quantitative estimate of drug-likeness (QED) is 0.227. The molecule has 0 spiro atoms. The first-order valence-corrected chi connectivity index (χ1v) is 12.3. The maximum Gasteiger partial charge on any atom is 0.309 e. The third-order valence-electron chi connectivity index (χ3n) is 5.11. The fraction of sp³-hybridized carbons (Fsp3) is 0.167. The van der Waals surface area contributed by atoms with Crippen LogP contribution in [0, 0.1) is 0 Å². The number of esters is 1. The predicted molar refractivity (Wildman–Crippen MR) is 128 cm³/mol. The number of aromatic amines is 1. The molecule has 0 aliphatic rings. The summed E-state index contributed by atoms with van der Waals surface area (Å²) in [4.78, 5) is 36.4. The van der Waals surface area contributed by atoms with E-state index in [4.69, 9.17) is 4.74 Å². The number of amides is 1. The SMILES string of the molecule is O=C(C[C@@H](NC(=O)c1ccccc1)NS(=O)(=O)c1ccccc1)OCCc1ccnc2nc[nH]c12. The maximum atomic E-state index is 12.8. The number of sulfonamides is 1. The largest absolute Gasteiger partial charge is 0.465 e. The summed E-state index contributed by atoms with van der Waals surface area (Å²) < 4.78 is 33.3. The number of benzene rings is 2. The number of H-pyrrole nitrogens is 1. The minimum absolute atomic E-state index is 0.00795. The molecule has 0 aliphatic heterocycles. The first-order valence-electron chi connectivity index (χ1n) is 10.8. The summed E-state index contributed by atoms with van der Waals surface area (Å²) >= 11 is 0. The summed E-state index contributed by atoms with van der Waals surface area (Å²) in [5.74, 6) is -1.20. The normalized spacial score (nSPS) is 12.2. The van der Waals surface area contributed by atoms with Gasteiger partial charge in [-0.2, -0.15) is 4.72 Å². The molecular weight excluding hydrogens is 470 g/mol. The van der Waals surface area contributed by atoms with E-state index < -0.39 is 34.5 Å². The molecular formula is C24H23N5O5S. The van der Waals surface area contributed by atoms with Gasteiger partial charge in [0.25, 0.3) is 5.91 Å². The van der Waals surface area contributed by atoms with Gasteiger partial charge in [-0.05, 0) is 35.9 Å². The molecule has 10 nitrogen and oxygen atoms in total. The summed E-state index contributed by atoms with van der Waals surface area (Å²) in [6.07, 6.45) is 1.94. The van der Waals surface area contributed by atoms with E-state index in [1.807, 2.05) is 0 Å². The number of imidazole rings is 1. The van der Waals surface area contributed by atoms with Crippen molar-refractivity contribution in [3.8, 4) is 0 Å². The molecule has 180 valence electrons. The van der Waals surface area contributed by atoms with E-state index in [9.17, 15) is 18.0 Å². The lowest BCUT2D eigenvalue weighted by molar-refractivity contribution is -0.144. The summed E-state index contributed by atoms with van der Waals surface area (Å²) in [6, 6.07) is 17.8. The molecule has 11 heteroatoms. The summed E-state index contributed by atoms with van der Waals surface area (Å²) in [7, 11) is -4.00. The number of hydrogen-bond acceptors (Lipinski definition) is 7. The van der Waals surface area contributed by atoms with Crippen molar-refractivity contribution in [3.05, 3.63) is 90.4 Å². The van der Waals surface area contributed by atoms with Crippen LogP contribution in [0.4, 0.5) is 0 Å². The number of rotatable bonds is 10. The molecule has 0 saturated heterocycles. The molecule has 3 N–H and O–H groups in total. The molecule has 0 fully saturated rings. The standard InChI is InChI=1S/C24H23N5O5S/c30-21(34-14-12-17-11-13-25-23-22(17)26-16-27-23)15-20(28-24(31)18-7-3-1-4-8-18)29-35(32,33)19-9-5-2-6-10-19/h1-11,13,16,20,29H,12,14-15H2,(H,28,31)(H,25,26,27)/t20-/m0/s1. The van der Waals surface area contributed by atoms with Gasteiger partial charge in [0.2, 0.25) is 10.0 Å². The first-order chi connectivity index (χ1) is 16.9. The smallest absolute Gasteiger partial charge is 0.309 e. The Morgan fingerprint density at radius 2 is 1.69 bits per heavy atom. The van der Waals surface area contributed by atoms with Gasteiger partial charge in [0, 0.05) is 18.2 Å². The first kappa shape index (κ1) is 24.0. The minimum atomic E-state index is -4.00. The second-order valence-electron chi connectivity index (χ2n) is 7.57. The number of ether oxygens (including phenoxy) is 1. The lowest BCUT2D eigenvalue weighted by Crippen LogP contribution is -2.49. The molecule has 0 unspecified atom stereocenters. The van der Waals surface area contributed by atoms with Crippen LogP contribution in [0.25, 0.3) is 11.2 Å². The topological polar surface area (TPSA) is 143 Å². The molecule has 1 amide bonds. The van der Waals surface area contributed by atoms with Gasteiger partial charge in [0.05, 0.1) is 29.8 Å². The van der Waals surface area contributed by atoms with Crippen molar-refractivity contribution in [2.75, 3.05) is 6.61 Å². The number of pyridine rings is 1. The van der Waals surface area contributed by atoms with Crippen molar-refractivity contribution < 1.29 is 22.7 Å². The third kappa shape index (κ3) is 6.28. The zero-order chi connectivity index (χ0) is 24.7. The van der Waals surface area contributed by atoms with E-state index in [2.05, 4.69) is 25.0 Å². The molecule has 0 saturated carbocycles. The van der Waals surface area contributed by atoms with Crippen LogP contribution in [-0.4, -0.2) is 48.0 Å². The van der Waals surface area contributed by atoms with E-state index in [0.29, 0.717) is 17.6 Å². The summed E-state index contributed by atoms with van der Waals surface area (Å²) in [6.45, 7) is 0.0573. The molecule has 1 atom stereocenters. The molecule has 35 heavy (non-hydrogen) atoms. The molecule has 4 aromatic rings. The van der Waals surface area contributed by atoms with Gasteiger partial charge in [0.1, 0.15) is 6.17 Å². The summed E-state index contributed by atoms with van der Waals surface area (Å²) in [5.41, 5.74) is 2.52. The van der Waals surface area contributed by atoms with Crippen LogP contribution in [-0.2, 0) is 26.0 Å². The van der Waals surface area contributed by atoms with Gasteiger partial charge >= 0.3 is 5.97 Å². The van der Waals surface area contributed by atoms with Crippen molar-refractivity contribution in [1.82, 2.24) is 25.0 Å². The van der Waals surface area contributed by atoms with Crippen LogP contribution in [0.1, 0.15) is 22.3 Å². The van der Waals surface area contributed by atoms with Crippen molar-refractivity contribution >= 4 is 33.1 Å². The van der Waals surface area contributed by atoms with E-state index in [1.165, 1.54) is 18.5 Å². The highest BCUT2D eigenvalue weighted by molar-refractivity contribution is 7.89. The highest BCUT2D eigenvalue weighted by atomic mass is 32.2. The third-order valence-corrected chi connectivity index (χ3v) is 6.60. The molecule has 2 heterocycles. The van der Waals surface area contributed by atoms with Crippen LogP contribution in [0.2, 0.25) is 0 Å². The van der Waals surface area contributed by atoms with Crippen molar-refractivity contribution in [2.24, 2.45) is 0 Å². The van der Waals surface area contributed by atoms with Crippen LogP contribution < -0.4 is 10.0 Å².